The van der Waals surface area contributed by atoms with Gasteiger partial charge in [0.15, 0.2) is 5.82 Å². The number of hydrogen-bond donors (Lipinski definition) is 1. The van der Waals surface area contributed by atoms with Gasteiger partial charge in [-0.1, -0.05) is 18.2 Å². The molecule has 1 fully saturated rings. The van der Waals surface area contributed by atoms with Gasteiger partial charge in [0, 0.05) is 18.2 Å². The van der Waals surface area contributed by atoms with Crippen LogP contribution in [0.25, 0.3) is 5.69 Å². The number of hydrogen-bond acceptors (Lipinski definition) is 4. The molecule has 0 bridgehead atoms. The van der Waals surface area contributed by atoms with Gasteiger partial charge in [-0.05, 0) is 25.0 Å². The number of nitrogens with zero attached hydrogens (tertiary/aromatic N) is 3. The average Bonchev–Trinajstić information content (AvgIpc) is 2.93. The first-order valence-electron chi connectivity index (χ1n) is 6.67. The first-order chi connectivity index (χ1) is 9.40. The lowest BCUT2D eigenvalue weighted by atomic mass is 10.0. The number of aromatic nitrogens is 3. The fourth-order valence-corrected chi connectivity index (χ4v) is 2.53. The molecule has 1 aromatic carbocycles. The van der Waals surface area contributed by atoms with Crippen LogP contribution in [0.2, 0.25) is 0 Å². The minimum atomic E-state index is 0.307. The Morgan fingerprint density at radius 1 is 1.26 bits per heavy atom. The highest BCUT2D eigenvalue weighted by Gasteiger charge is 2.24. The van der Waals surface area contributed by atoms with Gasteiger partial charge in [-0.3, -0.25) is 4.57 Å². The molecular formula is C14H18N4O. The number of benzene rings is 1. The third kappa shape index (κ3) is 2.39. The molecule has 5 heteroatoms. The van der Waals surface area contributed by atoms with Crippen molar-refractivity contribution in [2.75, 3.05) is 13.2 Å². The zero-order valence-corrected chi connectivity index (χ0v) is 10.8. The summed E-state index contributed by atoms with van der Waals surface area (Å²) in [6.07, 6.45) is 2.17. The largest absolute Gasteiger partial charge is 0.381 e. The fourth-order valence-electron chi connectivity index (χ4n) is 2.53. The van der Waals surface area contributed by atoms with Gasteiger partial charge in [-0.25, -0.2) is 0 Å². The van der Waals surface area contributed by atoms with Gasteiger partial charge in [0.25, 0.3) is 0 Å². The lowest BCUT2D eigenvalue weighted by Gasteiger charge is -2.22. The predicted molar refractivity (Wildman–Crippen MR) is 72.0 cm³/mol. The summed E-state index contributed by atoms with van der Waals surface area (Å²) in [6.45, 7) is 1.95. The van der Waals surface area contributed by atoms with E-state index in [9.17, 15) is 0 Å². The highest BCUT2D eigenvalue weighted by atomic mass is 16.5. The maximum absolute atomic E-state index is 5.78. The minimum Gasteiger partial charge on any atom is -0.381 e. The molecule has 1 unspecified atom stereocenters. The Morgan fingerprint density at radius 3 is 2.79 bits per heavy atom. The van der Waals surface area contributed by atoms with Gasteiger partial charge < -0.3 is 10.5 Å². The van der Waals surface area contributed by atoms with Crippen LogP contribution in [0, 0.1) is 0 Å². The highest BCUT2D eigenvalue weighted by molar-refractivity contribution is 5.34. The van der Waals surface area contributed by atoms with E-state index in [-0.39, 0.29) is 0 Å². The van der Waals surface area contributed by atoms with Crippen molar-refractivity contribution >= 4 is 0 Å². The van der Waals surface area contributed by atoms with E-state index in [0.717, 1.165) is 43.4 Å². The summed E-state index contributed by atoms with van der Waals surface area (Å²) in [6, 6.07) is 10.1. The molecule has 2 heterocycles. The molecule has 1 aliphatic heterocycles. The molecule has 0 spiro atoms. The second kappa shape index (κ2) is 5.50. The van der Waals surface area contributed by atoms with E-state index in [4.69, 9.17) is 10.5 Å². The average molecular weight is 258 g/mol. The molecule has 2 aromatic rings. The van der Waals surface area contributed by atoms with E-state index < -0.39 is 0 Å². The zero-order chi connectivity index (χ0) is 13.1. The molecular weight excluding hydrogens is 240 g/mol. The van der Waals surface area contributed by atoms with Crippen molar-refractivity contribution in [3.8, 4) is 5.69 Å². The maximum Gasteiger partial charge on any atom is 0.151 e. The molecule has 0 aliphatic carbocycles. The molecule has 5 nitrogen and oxygen atoms in total. The molecule has 1 aliphatic rings. The van der Waals surface area contributed by atoms with E-state index >= 15 is 0 Å². The molecule has 1 saturated heterocycles. The van der Waals surface area contributed by atoms with Crippen LogP contribution in [0.1, 0.15) is 30.4 Å². The summed E-state index contributed by atoms with van der Waals surface area (Å²) in [5, 5.41) is 8.56. The Morgan fingerprint density at radius 2 is 2.11 bits per heavy atom. The fraction of sp³-hybridized carbons (Fsp3) is 0.429. The summed E-state index contributed by atoms with van der Waals surface area (Å²) >= 11 is 0. The molecule has 100 valence electrons. The van der Waals surface area contributed by atoms with Crippen LogP contribution in [0.5, 0.6) is 0 Å². The number of para-hydroxylation sites is 1. The van der Waals surface area contributed by atoms with Gasteiger partial charge in [0.05, 0.1) is 13.2 Å². The van der Waals surface area contributed by atoms with E-state index in [2.05, 4.69) is 26.9 Å². The number of rotatable bonds is 3. The topological polar surface area (TPSA) is 66.0 Å². The van der Waals surface area contributed by atoms with Crippen molar-refractivity contribution in [2.24, 2.45) is 5.73 Å². The van der Waals surface area contributed by atoms with E-state index in [1.54, 1.807) is 0 Å². The quantitative estimate of drug-likeness (QED) is 0.908. The Hall–Kier alpha value is -1.72. The van der Waals surface area contributed by atoms with E-state index in [0.29, 0.717) is 12.5 Å². The van der Waals surface area contributed by atoms with Gasteiger partial charge >= 0.3 is 0 Å². The van der Waals surface area contributed by atoms with Crippen molar-refractivity contribution in [1.82, 2.24) is 14.8 Å². The zero-order valence-electron chi connectivity index (χ0n) is 10.8. The van der Waals surface area contributed by atoms with Crippen molar-refractivity contribution in [1.29, 1.82) is 0 Å². The highest BCUT2D eigenvalue weighted by Crippen LogP contribution is 2.26. The van der Waals surface area contributed by atoms with Crippen molar-refractivity contribution < 1.29 is 4.74 Å². The standard InChI is InChI=1S/C14H18N4O/c15-9-13-16-17-14(11-5-4-8-19-10-11)18(13)12-6-2-1-3-7-12/h1-3,6-7,11H,4-5,8-10,15H2. The first-order valence-corrected chi connectivity index (χ1v) is 6.67. The normalized spacial score (nSPS) is 19.5. The van der Waals surface area contributed by atoms with Gasteiger partial charge in [-0.2, -0.15) is 0 Å². The third-order valence-corrected chi connectivity index (χ3v) is 3.48. The van der Waals surface area contributed by atoms with Crippen molar-refractivity contribution in [3.63, 3.8) is 0 Å². The molecule has 2 N–H and O–H groups in total. The third-order valence-electron chi connectivity index (χ3n) is 3.48. The SMILES string of the molecule is NCc1nnc(C2CCCOC2)n1-c1ccccc1. The van der Waals surface area contributed by atoms with Crippen molar-refractivity contribution in [3.05, 3.63) is 42.0 Å². The van der Waals surface area contributed by atoms with Crippen LogP contribution in [0.4, 0.5) is 0 Å². The van der Waals surface area contributed by atoms with Crippen LogP contribution in [0.15, 0.2) is 30.3 Å². The van der Waals surface area contributed by atoms with Gasteiger partial charge in [-0.15, -0.1) is 10.2 Å². The molecule has 0 radical (unpaired) electrons. The van der Waals surface area contributed by atoms with Crippen LogP contribution in [0.3, 0.4) is 0 Å². The predicted octanol–water partition coefficient (Wildman–Crippen LogP) is 1.62. The molecule has 1 aromatic heterocycles. The Kier molecular flexibility index (Phi) is 3.57. The van der Waals surface area contributed by atoms with Crippen LogP contribution < -0.4 is 5.73 Å². The molecule has 1 atom stereocenters. The molecule has 3 rings (SSSR count). The summed E-state index contributed by atoms with van der Waals surface area (Å²) in [5.74, 6) is 2.07. The van der Waals surface area contributed by atoms with Gasteiger partial charge in [0.2, 0.25) is 0 Å². The minimum absolute atomic E-state index is 0.307. The van der Waals surface area contributed by atoms with Crippen LogP contribution in [-0.2, 0) is 11.3 Å². The summed E-state index contributed by atoms with van der Waals surface area (Å²) in [5.41, 5.74) is 6.84. The Balaban J connectivity index is 2.03. The van der Waals surface area contributed by atoms with Crippen molar-refractivity contribution in [2.45, 2.75) is 25.3 Å². The number of ether oxygens (including phenoxy) is 1. The first kappa shape index (κ1) is 12.3. The second-order valence-corrected chi connectivity index (χ2v) is 4.76. The Bertz CT molecular complexity index is 532. The number of nitrogens with two attached hydrogens (primary N) is 1. The molecule has 19 heavy (non-hydrogen) atoms. The van der Waals surface area contributed by atoms with E-state index in [1.165, 1.54) is 0 Å². The second-order valence-electron chi connectivity index (χ2n) is 4.76. The molecule has 0 saturated carbocycles. The summed E-state index contributed by atoms with van der Waals surface area (Å²) in [4.78, 5) is 0. The summed E-state index contributed by atoms with van der Waals surface area (Å²) in [7, 11) is 0. The lowest BCUT2D eigenvalue weighted by Crippen LogP contribution is -2.20. The van der Waals surface area contributed by atoms with Crippen LogP contribution >= 0.6 is 0 Å². The monoisotopic (exact) mass is 258 g/mol. The van der Waals surface area contributed by atoms with Gasteiger partial charge in [0.1, 0.15) is 5.82 Å². The van der Waals surface area contributed by atoms with E-state index in [1.807, 2.05) is 18.2 Å². The Labute approximate surface area is 112 Å². The lowest BCUT2D eigenvalue weighted by molar-refractivity contribution is 0.0775. The molecule has 0 amide bonds. The summed E-state index contributed by atoms with van der Waals surface area (Å²) < 4.78 is 7.63. The smallest absolute Gasteiger partial charge is 0.151 e. The maximum atomic E-state index is 5.78. The van der Waals surface area contributed by atoms with Crippen LogP contribution in [-0.4, -0.2) is 28.0 Å².